The lowest BCUT2D eigenvalue weighted by Crippen LogP contribution is -1.85. The van der Waals surface area contributed by atoms with Crippen LogP contribution in [0.15, 0.2) is 17.1 Å². The average molecular weight is 137 g/mol. The third kappa shape index (κ3) is 1.05. The summed E-state index contributed by atoms with van der Waals surface area (Å²) >= 11 is 0. The van der Waals surface area contributed by atoms with Crippen LogP contribution in [0.4, 0.5) is 5.69 Å². The first-order valence-corrected chi connectivity index (χ1v) is 3.18. The van der Waals surface area contributed by atoms with E-state index in [1.807, 2.05) is 20.0 Å². The highest BCUT2D eigenvalue weighted by molar-refractivity contribution is 5.61. The third-order valence-corrected chi connectivity index (χ3v) is 1.34. The topological polar surface area (TPSA) is 25.2 Å². The Morgan fingerprint density at radius 2 is 2.40 bits per heavy atom. The smallest absolute Gasteiger partial charge is 0.149 e. The van der Waals surface area contributed by atoms with E-state index in [0.717, 1.165) is 17.2 Å². The van der Waals surface area contributed by atoms with E-state index in [9.17, 15) is 0 Å². The quantitative estimate of drug-likeness (QED) is 0.676. The van der Waals surface area contributed by atoms with Crippen LogP contribution in [0, 0.1) is 6.92 Å². The molecule has 10 heavy (non-hydrogen) atoms. The lowest BCUT2D eigenvalue weighted by molar-refractivity contribution is 0.526. The van der Waals surface area contributed by atoms with Crippen molar-refractivity contribution in [3.05, 3.63) is 24.2 Å². The van der Waals surface area contributed by atoms with Gasteiger partial charge in [0.05, 0.1) is 5.69 Å². The lowest BCUT2D eigenvalue weighted by atomic mass is 10.3. The Bertz CT molecular complexity index is 237. The van der Waals surface area contributed by atoms with E-state index in [1.165, 1.54) is 0 Å². The second-order valence-corrected chi connectivity index (χ2v) is 2.09. The van der Waals surface area contributed by atoms with Gasteiger partial charge in [-0.05, 0) is 13.0 Å². The van der Waals surface area contributed by atoms with Gasteiger partial charge in [0.15, 0.2) is 0 Å². The fourth-order valence-corrected chi connectivity index (χ4v) is 0.879. The molecule has 0 aliphatic heterocycles. The molecule has 0 aromatic carbocycles. The third-order valence-electron chi connectivity index (χ3n) is 1.34. The van der Waals surface area contributed by atoms with Crippen molar-refractivity contribution in [3.8, 4) is 0 Å². The van der Waals surface area contributed by atoms with Gasteiger partial charge in [-0.1, -0.05) is 6.58 Å². The van der Waals surface area contributed by atoms with Crippen LogP contribution in [0.2, 0.25) is 0 Å². The molecule has 0 spiro atoms. The fourth-order valence-electron chi connectivity index (χ4n) is 0.879. The molecule has 0 aliphatic rings. The van der Waals surface area contributed by atoms with Crippen LogP contribution in [0.1, 0.15) is 11.5 Å². The van der Waals surface area contributed by atoms with Crippen molar-refractivity contribution in [3.63, 3.8) is 0 Å². The Labute approximate surface area is 60.5 Å². The molecule has 0 fully saturated rings. The minimum Gasteiger partial charge on any atom is -0.460 e. The molecule has 0 saturated carbocycles. The molecule has 1 heterocycles. The van der Waals surface area contributed by atoms with E-state index >= 15 is 0 Å². The predicted molar refractivity (Wildman–Crippen MR) is 43.1 cm³/mol. The molecule has 0 saturated heterocycles. The molecule has 1 N–H and O–H groups in total. The number of hydrogen-bond donors (Lipinski definition) is 1. The van der Waals surface area contributed by atoms with E-state index in [2.05, 4.69) is 11.9 Å². The summed E-state index contributed by atoms with van der Waals surface area (Å²) in [6.07, 6.45) is 1.69. The highest BCUT2D eigenvalue weighted by Gasteiger charge is 2.01. The summed E-state index contributed by atoms with van der Waals surface area (Å²) in [5, 5.41) is 3.00. The number of furan rings is 1. The number of aryl methyl sites for hydroxylation is 1. The van der Waals surface area contributed by atoms with Crippen molar-refractivity contribution in [2.45, 2.75) is 6.92 Å². The zero-order valence-electron chi connectivity index (χ0n) is 6.27. The number of hydrogen-bond acceptors (Lipinski definition) is 2. The number of rotatable bonds is 2. The van der Waals surface area contributed by atoms with E-state index in [-0.39, 0.29) is 0 Å². The molecule has 0 atom stereocenters. The Balaban J connectivity index is 3.08. The molecule has 0 radical (unpaired) electrons. The number of anilines is 1. The van der Waals surface area contributed by atoms with Gasteiger partial charge in [0.25, 0.3) is 0 Å². The molecule has 2 heteroatoms. The van der Waals surface area contributed by atoms with E-state index in [0.29, 0.717) is 0 Å². The maximum absolute atomic E-state index is 5.27. The van der Waals surface area contributed by atoms with Crippen LogP contribution in [0.25, 0.3) is 6.08 Å². The summed E-state index contributed by atoms with van der Waals surface area (Å²) < 4.78 is 5.27. The van der Waals surface area contributed by atoms with E-state index in [4.69, 9.17) is 4.42 Å². The predicted octanol–water partition coefficient (Wildman–Crippen LogP) is 2.27. The van der Waals surface area contributed by atoms with Crippen molar-refractivity contribution in [1.82, 2.24) is 0 Å². The minimum absolute atomic E-state index is 0.806. The van der Waals surface area contributed by atoms with Crippen molar-refractivity contribution >= 4 is 11.8 Å². The van der Waals surface area contributed by atoms with Gasteiger partial charge in [0, 0.05) is 13.1 Å². The monoisotopic (exact) mass is 137 g/mol. The van der Waals surface area contributed by atoms with Crippen molar-refractivity contribution in [1.29, 1.82) is 0 Å². The first kappa shape index (κ1) is 6.93. The zero-order valence-corrected chi connectivity index (χ0v) is 6.27. The normalized spacial score (nSPS) is 9.40. The van der Waals surface area contributed by atoms with Gasteiger partial charge < -0.3 is 9.73 Å². The van der Waals surface area contributed by atoms with Gasteiger partial charge in [-0.25, -0.2) is 0 Å². The molecule has 1 aromatic rings. The first-order chi connectivity index (χ1) is 4.77. The molecule has 0 aliphatic carbocycles. The molecular weight excluding hydrogens is 126 g/mol. The molecule has 2 nitrogen and oxygen atoms in total. The minimum atomic E-state index is 0.806. The summed E-state index contributed by atoms with van der Waals surface area (Å²) in [6.45, 7) is 5.53. The van der Waals surface area contributed by atoms with Crippen LogP contribution >= 0.6 is 0 Å². The Morgan fingerprint density at radius 3 is 2.80 bits per heavy atom. The van der Waals surface area contributed by atoms with Gasteiger partial charge in [0.2, 0.25) is 0 Å². The summed E-state index contributed by atoms with van der Waals surface area (Å²) in [5.74, 6) is 1.71. The molecular formula is C8H11NO. The molecule has 1 rings (SSSR count). The van der Waals surface area contributed by atoms with Crippen LogP contribution in [-0.2, 0) is 0 Å². The zero-order chi connectivity index (χ0) is 7.56. The average Bonchev–Trinajstić information content (AvgIpc) is 2.30. The lowest BCUT2D eigenvalue weighted by Gasteiger charge is -1.92. The Morgan fingerprint density at radius 1 is 1.70 bits per heavy atom. The Kier molecular flexibility index (Phi) is 1.81. The standard InChI is InChI=1S/C8H11NO/c1-4-8-7(9-3)5-6(2)10-8/h4-5,9H,1H2,2-3H3. The second-order valence-electron chi connectivity index (χ2n) is 2.09. The SMILES string of the molecule is C=Cc1oc(C)cc1NC. The van der Waals surface area contributed by atoms with E-state index in [1.54, 1.807) is 6.08 Å². The molecule has 0 bridgehead atoms. The molecule has 0 unspecified atom stereocenters. The largest absolute Gasteiger partial charge is 0.460 e. The second kappa shape index (κ2) is 2.60. The van der Waals surface area contributed by atoms with Crippen LogP contribution in [0.3, 0.4) is 0 Å². The first-order valence-electron chi connectivity index (χ1n) is 3.18. The van der Waals surface area contributed by atoms with Crippen LogP contribution in [0.5, 0.6) is 0 Å². The highest BCUT2D eigenvalue weighted by Crippen LogP contribution is 2.20. The van der Waals surface area contributed by atoms with Crippen LogP contribution in [-0.4, -0.2) is 7.05 Å². The van der Waals surface area contributed by atoms with Crippen molar-refractivity contribution in [2.75, 3.05) is 12.4 Å². The molecule has 1 aromatic heterocycles. The molecule has 0 amide bonds. The van der Waals surface area contributed by atoms with Crippen molar-refractivity contribution < 1.29 is 4.42 Å². The van der Waals surface area contributed by atoms with Crippen molar-refractivity contribution in [2.24, 2.45) is 0 Å². The Hall–Kier alpha value is -1.18. The molecule has 54 valence electrons. The summed E-state index contributed by atoms with van der Waals surface area (Å²) in [7, 11) is 1.86. The van der Waals surface area contributed by atoms with Gasteiger partial charge >= 0.3 is 0 Å². The maximum Gasteiger partial charge on any atom is 0.149 e. The van der Waals surface area contributed by atoms with Gasteiger partial charge in [-0.2, -0.15) is 0 Å². The number of nitrogens with one attached hydrogen (secondary N) is 1. The summed E-state index contributed by atoms with van der Waals surface area (Å²) in [4.78, 5) is 0. The van der Waals surface area contributed by atoms with Gasteiger partial charge in [-0.15, -0.1) is 0 Å². The van der Waals surface area contributed by atoms with E-state index < -0.39 is 0 Å². The van der Waals surface area contributed by atoms with Crippen LogP contribution < -0.4 is 5.32 Å². The fraction of sp³-hybridized carbons (Fsp3) is 0.250. The summed E-state index contributed by atoms with van der Waals surface area (Å²) in [6, 6.07) is 1.94. The maximum atomic E-state index is 5.27. The summed E-state index contributed by atoms with van der Waals surface area (Å²) in [5.41, 5.74) is 0.993. The van der Waals surface area contributed by atoms with Gasteiger partial charge in [-0.3, -0.25) is 0 Å². The highest BCUT2D eigenvalue weighted by atomic mass is 16.3. The van der Waals surface area contributed by atoms with Gasteiger partial charge in [0.1, 0.15) is 11.5 Å².